The smallest absolute Gasteiger partial charge is 0.412 e. The number of amides is 2. The van der Waals surface area contributed by atoms with Crippen molar-refractivity contribution in [3.8, 4) is 11.1 Å². The number of aryl methyl sites for hydroxylation is 2. The van der Waals surface area contributed by atoms with Crippen LogP contribution in [0.5, 0.6) is 0 Å². The third kappa shape index (κ3) is 7.39. The number of carbonyl (C=O) groups excluding carboxylic acids is 3. The molecule has 0 saturated carbocycles. The van der Waals surface area contributed by atoms with Gasteiger partial charge in [-0.2, -0.15) is 0 Å². The van der Waals surface area contributed by atoms with E-state index in [0.29, 0.717) is 21.8 Å². The number of aromatic nitrogens is 1. The number of benzene rings is 2. The summed E-state index contributed by atoms with van der Waals surface area (Å²) >= 11 is 6.23. The molecule has 7 nitrogen and oxygen atoms in total. The van der Waals surface area contributed by atoms with E-state index in [-0.39, 0.29) is 17.9 Å². The van der Waals surface area contributed by atoms with Crippen LogP contribution in [0.2, 0.25) is 5.02 Å². The van der Waals surface area contributed by atoms with E-state index < -0.39 is 17.6 Å². The van der Waals surface area contributed by atoms with Crippen LogP contribution in [0.15, 0.2) is 54.7 Å². The Kier molecular flexibility index (Phi) is 7.92. The molecule has 0 spiro atoms. The highest BCUT2D eigenvalue weighted by molar-refractivity contribution is 6.32. The Balaban J connectivity index is 1.75. The standard InChI is InChI=1S/C27H28ClN3O4/c1-16-11-22(31-26(34)35-27(3,4)5)23(14-21(16)28)30-25(33)15-24(32)20-8-6-7-18(13-20)19-9-10-29-17(2)12-19/h6-14H,15H2,1-5H3,(H,30,33)(H,31,34). The monoisotopic (exact) mass is 493 g/mol. The summed E-state index contributed by atoms with van der Waals surface area (Å²) in [6, 6.07) is 14.0. The molecule has 0 fully saturated rings. The van der Waals surface area contributed by atoms with Gasteiger partial charge in [0.15, 0.2) is 5.78 Å². The lowest BCUT2D eigenvalue weighted by atomic mass is 10.0. The number of Topliss-reactive ketones (excluding diaryl/α,β-unsaturated/α-hetero) is 1. The minimum Gasteiger partial charge on any atom is -0.444 e. The molecule has 35 heavy (non-hydrogen) atoms. The van der Waals surface area contributed by atoms with Crippen molar-refractivity contribution in [1.29, 1.82) is 0 Å². The molecule has 0 radical (unpaired) electrons. The number of anilines is 2. The predicted octanol–water partition coefficient (Wildman–Crippen LogP) is 6.58. The first-order valence-corrected chi connectivity index (χ1v) is 11.5. The molecule has 0 aliphatic carbocycles. The van der Waals surface area contributed by atoms with Gasteiger partial charge in [0.05, 0.1) is 17.8 Å². The van der Waals surface area contributed by atoms with Gasteiger partial charge in [-0.1, -0.05) is 29.8 Å². The van der Waals surface area contributed by atoms with Crippen LogP contribution in [0, 0.1) is 13.8 Å². The van der Waals surface area contributed by atoms with E-state index in [2.05, 4.69) is 15.6 Å². The largest absolute Gasteiger partial charge is 0.444 e. The van der Waals surface area contributed by atoms with Gasteiger partial charge >= 0.3 is 6.09 Å². The van der Waals surface area contributed by atoms with Crippen molar-refractivity contribution in [3.05, 3.63) is 76.6 Å². The number of nitrogens with zero attached hydrogens (tertiary/aromatic N) is 1. The number of hydrogen-bond donors (Lipinski definition) is 2. The Labute approximate surface area is 209 Å². The van der Waals surface area contributed by atoms with Crippen LogP contribution in [-0.4, -0.2) is 28.4 Å². The number of hydrogen-bond acceptors (Lipinski definition) is 5. The van der Waals surface area contributed by atoms with Gasteiger partial charge < -0.3 is 10.1 Å². The number of carbonyl (C=O) groups is 3. The van der Waals surface area contributed by atoms with Crippen LogP contribution < -0.4 is 10.6 Å². The van der Waals surface area contributed by atoms with Gasteiger partial charge in [-0.3, -0.25) is 19.9 Å². The fourth-order valence-corrected chi connectivity index (χ4v) is 3.51. The highest BCUT2D eigenvalue weighted by Gasteiger charge is 2.20. The van der Waals surface area contributed by atoms with Crippen molar-refractivity contribution in [1.82, 2.24) is 4.98 Å². The van der Waals surface area contributed by atoms with Gasteiger partial charge in [0.25, 0.3) is 0 Å². The summed E-state index contributed by atoms with van der Waals surface area (Å²) in [6.45, 7) is 8.91. The van der Waals surface area contributed by atoms with E-state index in [1.165, 1.54) is 6.07 Å². The maximum Gasteiger partial charge on any atom is 0.412 e. The zero-order valence-corrected chi connectivity index (χ0v) is 21.1. The van der Waals surface area contributed by atoms with E-state index in [0.717, 1.165) is 16.8 Å². The number of ketones is 1. The maximum absolute atomic E-state index is 12.8. The van der Waals surface area contributed by atoms with Crippen LogP contribution in [0.25, 0.3) is 11.1 Å². The molecule has 0 atom stereocenters. The summed E-state index contributed by atoms with van der Waals surface area (Å²) in [6.07, 6.45) is 0.659. The summed E-state index contributed by atoms with van der Waals surface area (Å²) in [5.41, 5.74) is 3.68. The SMILES string of the molecule is Cc1cc(-c2cccc(C(=O)CC(=O)Nc3cc(Cl)c(C)cc3NC(=O)OC(C)(C)C)c2)ccn1. The van der Waals surface area contributed by atoms with Gasteiger partial charge in [-0.15, -0.1) is 0 Å². The topological polar surface area (TPSA) is 97.4 Å². The van der Waals surface area contributed by atoms with E-state index in [1.54, 1.807) is 58.2 Å². The second kappa shape index (κ2) is 10.7. The number of rotatable bonds is 6. The lowest BCUT2D eigenvalue weighted by Gasteiger charge is -2.21. The molecule has 8 heteroatoms. The third-order valence-electron chi connectivity index (χ3n) is 4.94. The molecular weight excluding hydrogens is 466 g/mol. The Morgan fingerprint density at radius 2 is 1.63 bits per heavy atom. The second-order valence-electron chi connectivity index (χ2n) is 9.19. The highest BCUT2D eigenvalue weighted by atomic mass is 35.5. The fourth-order valence-electron chi connectivity index (χ4n) is 3.34. The van der Waals surface area contributed by atoms with Crippen molar-refractivity contribution in [2.75, 3.05) is 10.6 Å². The predicted molar refractivity (Wildman–Crippen MR) is 138 cm³/mol. The molecule has 2 amide bonds. The molecule has 1 heterocycles. The lowest BCUT2D eigenvalue weighted by molar-refractivity contribution is -0.115. The first-order chi connectivity index (χ1) is 16.4. The molecule has 182 valence electrons. The number of ether oxygens (including phenoxy) is 1. The van der Waals surface area contributed by atoms with E-state index in [1.807, 2.05) is 25.1 Å². The first kappa shape index (κ1) is 25.9. The van der Waals surface area contributed by atoms with Gasteiger partial charge in [0, 0.05) is 22.5 Å². The zero-order valence-electron chi connectivity index (χ0n) is 20.4. The Morgan fingerprint density at radius 1 is 0.943 bits per heavy atom. The van der Waals surface area contributed by atoms with Gasteiger partial charge in [0.2, 0.25) is 5.91 Å². The van der Waals surface area contributed by atoms with Crippen molar-refractivity contribution < 1.29 is 19.1 Å². The number of nitrogens with one attached hydrogen (secondary N) is 2. The van der Waals surface area contributed by atoms with Crippen molar-refractivity contribution >= 4 is 40.8 Å². The van der Waals surface area contributed by atoms with Crippen molar-refractivity contribution in [2.45, 2.75) is 46.6 Å². The minimum atomic E-state index is -0.690. The first-order valence-electron chi connectivity index (χ1n) is 11.1. The van der Waals surface area contributed by atoms with Gasteiger partial charge in [-0.25, -0.2) is 4.79 Å². The average molecular weight is 494 g/mol. The van der Waals surface area contributed by atoms with Crippen LogP contribution in [0.4, 0.5) is 16.2 Å². The lowest BCUT2D eigenvalue weighted by Crippen LogP contribution is -2.27. The molecule has 0 unspecified atom stereocenters. The van der Waals surface area contributed by atoms with Crippen LogP contribution in [0.3, 0.4) is 0 Å². The summed E-state index contributed by atoms with van der Waals surface area (Å²) in [4.78, 5) is 42.0. The molecule has 1 aromatic heterocycles. The molecule has 0 bridgehead atoms. The molecule has 0 aliphatic heterocycles. The molecule has 2 aromatic carbocycles. The zero-order chi connectivity index (χ0) is 25.8. The summed E-state index contributed by atoms with van der Waals surface area (Å²) in [5.74, 6) is -0.873. The van der Waals surface area contributed by atoms with Crippen LogP contribution >= 0.6 is 11.6 Å². The fraction of sp³-hybridized carbons (Fsp3) is 0.259. The molecule has 2 N–H and O–H groups in total. The van der Waals surface area contributed by atoms with E-state index in [9.17, 15) is 14.4 Å². The molecule has 0 saturated heterocycles. The Morgan fingerprint density at radius 3 is 2.31 bits per heavy atom. The summed E-state index contributed by atoms with van der Waals surface area (Å²) < 4.78 is 5.30. The number of pyridine rings is 1. The Bertz CT molecular complexity index is 1280. The quantitative estimate of drug-likeness (QED) is 0.298. The molecule has 0 aliphatic rings. The molecule has 3 aromatic rings. The molecule has 3 rings (SSSR count). The Hall–Kier alpha value is -3.71. The maximum atomic E-state index is 12.8. The minimum absolute atomic E-state index is 0.269. The summed E-state index contributed by atoms with van der Waals surface area (Å²) in [7, 11) is 0. The van der Waals surface area contributed by atoms with E-state index in [4.69, 9.17) is 16.3 Å². The number of halogens is 1. The van der Waals surface area contributed by atoms with Crippen molar-refractivity contribution in [2.24, 2.45) is 0 Å². The van der Waals surface area contributed by atoms with Crippen LogP contribution in [0.1, 0.15) is 48.8 Å². The van der Waals surface area contributed by atoms with E-state index >= 15 is 0 Å². The summed E-state index contributed by atoms with van der Waals surface area (Å²) in [5, 5.41) is 5.71. The highest BCUT2D eigenvalue weighted by Crippen LogP contribution is 2.30. The van der Waals surface area contributed by atoms with Crippen molar-refractivity contribution in [3.63, 3.8) is 0 Å². The molecular formula is C27H28ClN3O4. The third-order valence-corrected chi connectivity index (χ3v) is 5.35. The van der Waals surface area contributed by atoms with Gasteiger partial charge in [0.1, 0.15) is 5.60 Å². The van der Waals surface area contributed by atoms with Gasteiger partial charge in [-0.05, 0) is 81.6 Å². The normalized spacial score (nSPS) is 11.0. The van der Waals surface area contributed by atoms with Crippen LogP contribution in [-0.2, 0) is 9.53 Å². The average Bonchev–Trinajstić information content (AvgIpc) is 2.76. The second-order valence-corrected chi connectivity index (χ2v) is 9.60.